The molecule has 0 radical (unpaired) electrons. The molecular formula is C21H23N3O4. The highest BCUT2D eigenvalue weighted by Crippen LogP contribution is 2.20. The molecule has 28 heavy (non-hydrogen) atoms. The Bertz CT molecular complexity index is 933. The van der Waals surface area contributed by atoms with Crippen molar-refractivity contribution in [2.45, 2.75) is 32.4 Å². The third kappa shape index (κ3) is 4.36. The Kier molecular flexibility index (Phi) is 6.03. The van der Waals surface area contributed by atoms with Crippen molar-refractivity contribution in [2.24, 2.45) is 5.16 Å². The quantitative estimate of drug-likeness (QED) is 0.613. The van der Waals surface area contributed by atoms with E-state index in [1.807, 2.05) is 42.5 Å². The van der Waals surface area contributed by atoms with Gasteiger partial charge in [0.25, 0.3) is 0 Å². The van der Waals surface area contributed by atoms with Gasteiger partial charge < -0.3 is 15.1 Å². The van der Waals surface area contributed by atoms with Crippen LogP contribution < -0.4 is 5.32 Å². The van der Waals surface area contributed by atoms with Crippen molar-refractivity contribution in [3.63, 3.8) is 0 Å². The third-order valence-electron chi connectivity index (χ3n) is 4.73. The predicted molar refractivity (Wildman–Crippen MR) is 106 cm³/mol. The zero-order valence-corrected chi connectivity index (χ0v) is 16.0. The van der Waals surface area contributed by atoms with Gasteiger partial charge in [-0.25, -0.2) is 0 Å². The number of benzene rings is 2. The van der Waals surface area contributed by atoms with E-state index in [1.54, 1.807) is 0 Å². The van der Waals surface area contributed by atoms with Gasteiger partial charge in [0, 0.05) is 13.0 Å². The first-order valence-corrected chi connectivity index (χ1v) is 9.11. The summed E-state index contributed by atoms with van der Waals surface area (Å²) in [5.74, 6) is -0.887. The molecule has 3 rings (SSSR count). The molecule has 0 bridgehead atoms. The average Bonchev–Trinajstić information content (AvgIpc) is 3.10. The van der Waals surface area contributed by atoms with Gasteiger partial charge in [0.2, 0.25) is 11.8 Å². The summed E-state index contributed by atoms with van der Waals surface area (Å²) < 4.78 is 0. The van der Waals surface area contributed by atoms with E-state index in [2.05, 4.69) is 10.5 Å². The maximum Gasteiger partial charge on any atom is 0.243 e. The molecule has 2 amide bonds. The van der Waals surface area contributed by atoms with Gasteiger partial charge in [0.15, 0.2) is 0 Å². The second kappa shape index (κ2) is 8.65. The topological polar surface area (TPSA) is 88.1 Å². The number of hydrogen-bond acceptors (Lipinski definition) is 5. The molecule has 1 atom stereocenters. The van der Waals surface area contributed by atoms with Crippen LogP contribution in [0.5, 0.6) is 0 Å². The maximum atomic E-state index is 12.8. The zero-order chi connectivity index (χ0) is 20.1. The number of nitrogens with zero attached hydrogens (tertiary/aromatic N) is 2. The number of hydrogen-bond donors (Lipinski definition) is 1. The molecule has 2 aromatic carbocycles. The third-order valence-corrected chi connectivity index (χ3v) is 4.73. The van der Waals surface area contributed by atoms with Gasteiger partial charge in [0.1, 0.15) is 18.9 Å². The van der Waals surface area contributed by atoms with Gasteiger partial charge in [0.05, 0.1) is 18.7 Å². The number of rotatable bonds is 6. The first-order chi connectivity index (χ1) is 13.5. The molecule has 0 aromatic heterocycles. The number of Topliss-reactive ketones (excluding diaryl/α,β-unsaturated/α-hetero) is 1. The van der Waals surface area contributed by atoms with E-state index in [0.717, 1.165) is 16.3 Å². The fraction of sp³-hybridized carbons (Fsp3) is 0.333. The molecule has 1 fully saturated rings. The van der Waals surface area contributed by atoms with E-state index < -0.39 is 6.04 Å². The van der Waals surface area contributed by atoms with Crippen LogP contribution in [0.4, 0.5) is 0 Å². The molecule has 1 heterocycles. The molecule has 0 aliphatic carbocycles. The Morgan fingerprint density at radius 1 is 1.18 bits per heavy atom. The molecule has 7 nitrogen and oxygen atoms in total. The highest BCUT2D eigenvalue weighted by molar-refractivity contribution is 6.04. The molecule has 0 saturated carbocycles. The maximum absolute atomic E-state index is 12.8. The second-order valence-corrected chi connectivity index (χ2v) is 6.82. The molecule has 1 N–H and O–H groups in total. The second-order valence-electron chi connectivity index (χ2n) is 6.82. The van der Waals surface area contributed by atoms with Crippen LogP contribution in [0.25, 0.3) is 10.8 Å². The molecule has 1 aliphatic heterocycles. The number of carbonyl (C=O) groups is 3. The fourth-order valence-electron chi connectivity index (χ4n) is 3.46. The summed E-state index contributed by atoms with van der Waals surface area (Å²) >= 11 is 0. The zero-order valence-electron chi connectivity index (χ0n) is 16.0. The number of oxime groups is 1. The van der Waals surface area contributed by atoms with E-state index in [1.165, 1.54) is 18.9 Å². The summed E-state index contributed by atoms with van der Waals surface area (Å²) in [5.41, 5.74) is 1.60. The van der Waals surface area contributed by atoms with Crippen molar-refractivity contribution in [1.82, 2.24) is 10.2 Å². The van der Waals surface area contributed by atoms with Crippen LogP contribution >= 0.6 is 0 Å². The van der Waals surface area contributed by atoms with E-state index in [0.29, 0.717) is 18.7 Å². The average molecular weight is 381 g/mol. The number of nitrogens with one attached hydrogen (secondary N) is 1. The first-order valence-electron chi connectivity index (χ1n) is 9.11. The van der Waals surface area contributed by atoms with E-state index in [4.69, 9.17) is 4.84 Å². The van der Waals surface area contributed by atoms with Crippen LogP contribution in [-0.4, -0.2) is 47.9 Å². The minimum atomic E-state index is -0.698. The van der Waals surface area contributed by atoms with Crippen LogP contribution in [0.2, 0.25) is 0 Å². The highest BCUT2D eigenvalue weighted by atomic mass is 16.6. The Morgan fingerprint density at radius 2 is 1.93 bits per heavy atom. The molecule has 1 saturated heterocycles. The lowest BCUT2D eigenvalue weighted by molar-refractivity contribution is -0.140. The summed E-state index contributed by atoms with van der Waals surface area (Å²) in [6.07, 6.45) is 0.0617. The molecular weight excluding hydrogens is 358 g/mol. The largest absolute Gasteiger partial charge is 0.399 e. The number of fused-ring (bicyclic) bond motifs is 1. The lowest BCUT2D eigenvalue weighted by Gasteiger charge is -2.23. The fourth-order valence-corrected chi connectivity index (χ4v) is 3.46. The Hall–Kier alpha value is -3.22. The number of carbonyl (C=O) groups excluding carboxylic acids is 3. The monoisotopic (exact) mass is 381 g/mol. The van der Waals surface area contributed by atoms with Gasteiger partial charge >= 0.3 is 0 Å². The van der Waals surface area contributed by atoms with E-state index in [9.17, 15) is 14.4 Å². The Balaban J connectivity index is 1.74. The number of ketones is 1. The molecule has 0 spiro atoms. The van der Waals surface area contributed by atoms with Crippen molar-refractivity contribution < 1.29 is 19.2 Å². The van der Waals surface area contributed by atoms with Crippen molar-refractivity contribution >= 4 is 34.1 Å². The van der Waals surface area contributed by atoms with Crippen LogP contribution in [0.1, 0.15) is 25.3 Å². The van der Waals surface area contributed by atoms with Crippen molar-refractivity contribution in [2.75, 3.05) is 13.7 Å². The minimum Gasteiger partial charge on any atom is -0.399 e. The van der Waals surface area contributed by atoms with Crippen LogP contribution in [-0.2, 0) is 25.8 Å². The normalized spacial score (nSPS) is 17.7. The lowest BCUT2D eigenvalue weighted by atomic mass is 10.0. The van der Waals surface area contributed by atoms with Crippen LogP contribution in [0.15, 0.2) is 47.6 Å². The number of amides is 2. The summed E-state index contributed by atoms with van der Waals surface area (Å²) in [6, 6.07) is 13.2. The molecule has 146 valence electrons. The highest BCUT2D eigenvalue weighted by Gasteiger charge is 2.38. The van der Waals surface area contributed by atoms with Gasteiger partial charge in [-0.3, -0.25) is 14.4 Å². The van der Waals surface area contributed by atoms with Gasteiger partial charge in [-0.15, -0.1) is 0 Å². The van der Waals surface area contributed by atoms with Crippen LogP contribution in [0, 0.1) is 0 Å². The van der Waals surface area contributed by atoms with Crippen LogP contribution in [0.3, 0.4) is 0 Å². The first kappa shape index (κ1) is 19.5. The number of likely N-dealkylation sites (tertiary alicyclic amines) is 1. The smallest absolute Gasteiger partial charge is 0.243 e. The lowest BCUT2D eigenvalue weighted by Crippen LogP contribution is -2.46. The molecule has 2 aromatic rings. The standard InChI is InChI=1S/C21H23N3O4/c1-14(25)10-20(26)24-13-17(23-28-2)11-19(24)21(27)22-12-16-8-5-7-15-6-3-4-9-18(15)16/h3-9,19H,10-13H2,1-2H3,(H,22,27)/b23-17+/t19-/m0/s1. The summed E-state index contributed by atoms with van der Waals surface area (Å²) in [6.45, 7) is 1.89. The Labute approximate surface area is 163 Å². The van der Waals surface area contributed by atoms with Crippen molar-refractivity contribution in [3.05, 3.63) is 48.0 Å². The Morgan fingerprint density at radius 3 is 2.68 bits per heavy atom. The molecule has 0 unspecified atom stereocenters. The summed E-state index contributed by atoms with van der Waals surface area (Å²) in [7, 11) is 1.42. The van der Waals surface area contributed by atoms with Gasteiger partial charge in [-0.2, -0.15) is 0 Å². The van der Waals surface area contributed by atoms with Crippen molar-refractivity contribution in [3.8, 4) is 0 Å². The van der Waals surface area contributed by atoms with Crippen molar-refractivity contribution in [1.29, 1.82) is 0 Å². The summed E-state index contributed by atoms with van der Waals surface area (Å²) in [5, 5.41) is 8.98. The van der Waals surface area contributed by atoms with E-state index in [-0.39, 0.29) is 30.6 Å². The van der Waals surface area contributed by atoms with Gasteiger partial charge in [-0.05, 0) is 23.3 Å². The molecule has 7 heteroatoms. The SMILES string of the molecule is CO/N=C1\C[C@@H](C(=O)NCc2cccc3ccccc23)N(C(=O)CC(C)=O)C1. The molecule has 1 aliphatic rings. The summed E-state index contributed by atoms with van der Waals surface area (Å²) in [4.78, 5) is 42.7. The van der Waals surface area contributed by atoms with E-state index >= 15 is 0 Å². The minimum absolute atomic E-state index is 0.187. The predicted octanol–water partition coefficient (Wildman–Crippen LogP) is 2.04. The van der Waals surface area contributed by atoms with Gasteiger partial charge in [-0.1, -0.05) is 47.6 Å².